The number of hydrogen-bond acceptors (Lipinski definition) is 3. The van der Waals surface area contributed by atoms with E-state index >= 15 is 0 Å². The summed E-state index contributed by atoms with van der Waals surface area (Å²) in [5.41, 5.74) is 1.31. The monoisotopic (exact) mass is 170 g/mol. The van der Waals surface area contributed by atoms with Crippen molar-refractivity contribution in [3.8, 4) is 0 Å². The van der Waals surface area contributed by atoms with Crippen LogP contribution in [-0.4, -0.2) is 9.91 Å². The van der Waals surface area contributed by atoms with Crippen LogP contribution in [0.3, 0.4) is 0 Å². The van der Waals surface area contributed by atoms with Crippen molar-refractivity contribution in [1.29, 1.82) is 0 Å². The second kappa shape index (κ2) is 3.32. The van der Waals surface area contributed by atoms with E-state index in [0.717, 1.165) is 12.2 Å². The standard InChI is InChI=1S/C8H14N2S/c1-8(2,3)9-6-7-4-5-11-10-7/h4-5,9H,6H2,1-3H3. The Labute approximate surface area is 71.8 Å². The molecule has 1 aromatic rings. The minimum atomic E-state index is 0.184. The molecule has 1 rings (SSSR count). The lowest BCUT2D eigenvalue weighted by molar-refractivity contribution is 0.422. The van der Waals surface area contributed by atoms with Gasteiger partial charge in [0.05, 0.1) is 5.69 Å². The van der Waals surface area contributed by atoms with Gasteiger partial charge in [-0.3, -0.25) is 0 Å². The Kier molecular flexibility index (Phi) is 2.62. The summed E-state index contributed by atoms with van der Waals surface area (Å²) in [6.07, 6.45) is 0. The number of nitrogens with zero attached hydrogens (tertiary/aromatic N) is 1. The van der Waals surface area contributed by atoms with Crippen molar-refractivity contribution in [3.05, 3.63) is 17.1 Å². The molecule has 0 saturated heterocycles. The summed E-state index contributed by atoms with van der Waals surface area (Å²) in [6, 6.07) is 2.05. The van der Waals surface area contributed by atoms with Gasteiger partial charge in [-0.2, -0.15) is 4.37 Å². The largest absolute Gasteiger partial charge is 0.306 e. The van der Waals surface area contributed by atoms with Crippen molar-refractivity contribution in [2.75, 3.05) is 0 Å². The van der Waals surface area contributed by atoms with E-state index in [4.69, 9.17) is 0 Å². The van der Waals surface area contributed by atoms with Crippen LogP contribution in [0.5, 0.6) is 0 Å². The molecule has 62 valence electrons. The van der Waals surface area contributed by atoms with Gasteiger partial charge in [-0.15, -0.1) is 0 Å². The summed E-state index contributed by atoms with van der Waals surface area (Å²) in [5, 5.41) is 5.37. The van der Waals surface area contributed by atoms with E-state index in [0.29, 0.717) is 0 Å². The van der Waals surface area contributed by atoms with Crippen molar-refractivity contribution in [3.63, 3.8) is 0 Å². The van der Waals surface area contributed by atoms with Crippen molar-refractivity contribution in [2.24, 2.45) is 0 Å². The first kappa shape index (κ1) is 8.68. The van der Waals surface area contributed by atoms with Gasteiger partial charge in [0.2, 0.25) is 0 Å². The first-order chi connectivity index (χ1) is 5.08. The Morgan fingerprint density at radius 1 is 1.55 bits per heavy atom. The van der Waals surface area contributed by atoms with Crippen molar-refractivity contribution >= 4 is 11.5 Å². The first-order valence-electron chi connectivity index (χ1n) is 3.72. The van der Waals surface area contributed by atoms with E-state index in [1.807, 2.05) is 11.4 Å². The van der Waals surface area contributed by atoms with Gasteiger partial charge in [-0.1, -0.05) is 0 Å². The summed E-state index contributed by atoms with van der Waals surface area (Å²) >= 11 is 1.50. The smallest absolute Gasteiger partial charge is 0.0680 e. The summed E-state index contributed by atoms with van der Waals surface area (Å²) in [7, 11) is 0. The van der Waals surface area contributed by atoms with Gasteiger partial charge >= 0.3 is 0 Å². The van der Waals surface area contributed by atoms with Crippen LogP contribution in [0.4, 0.5) is 0 Å². The third kappa shape index (κ3) is 3.49. The Bertz CT molecular complexity index is 198. The molecule has 1 N–H and O–H groups in total. The van der Waals surface area contributed by atoms with Crippen LogP contribution < -0.4 is 5.32 Å². The SMILES string of the molecule is CC(C)(C)NCc1ccsn1. The minimum absolute atomic E-state index is 0.184. The molecule has 0 saturated carbocycles. The van der Waals surface area contributed by atoms with E-state index in [9.17, 15) is 0 Å². The summed E-state index contributed by atoms with van der Waals surface area (Å²) in [6.45, 7) is 7.32. The highest BCUT2D eigenvalue weighted by Gasteiger charge is 2.08. The molecule has 0 bridgehead atoms. The average Bonchev–Trinajstić information content (AvgIpc) is 2.32. The van der Waals surface area contributed by atoms with Crippen LogP contribution in [0.2, 0.25) is 0 Å². The third-order valence-electron chi connectivity index (χ3n) is 1.29. The first-order valence-corrected chi connectivity index (χ1v) is 4.56. The van der Waals surface area contributed by atoms with Gasteiger partial charge in [-0.05, 0) is 38.4 Å². The number of hydrogen-bond donors (Lipinski definition) is 1. The van der Waals surface area contributed by atoms with Crippen LogP contribution in [-0.2, 0) is 6.54 Å². The quantitative estimate of drug-likeness (QED) is 0.734. The average molecular weight is 170 g/mol. The van der Waals surface area contributed by atoms with E-state index < -0.39 is 0 Å². The molecule has 0 spiro atoms. The molecule has 0 aliphatic heterocycles. The number of rotatable bonds is 2. The molecule has 1 aromatic heterocycles. The lowest BCUT2D eigenvalue weighted by atomic mass is 10.1. The predicted octanol–water partition coefficient (Wildman–Crippen LogP) is 2.03. The highest BCUT2D eigenvalue weighted by Crippen LogP contribution is 2.03. The highest BCUT2D eigenvalue weighted by molar-refractivity contribution is 7.03. The fraction of sp³-hybridized carbons (Fsp3) is 0.625. The molecule has 1 heterocycles. The molecule has 0 radical (unpaired) electrons. The van der Waals surface area contributed by atoms with E-state index in [2.05, 4.69) is 30.5 Å². The van der Waals surface area contributed by atoms with Crippen LogP contribution in [0.25, 0.3) is 0 Å². The zero-order chi connectivity index (χ0) is 8.32. The maximum atomic E-state index is 4.20. The molecular formula is C8H14N2S. The molecule has 0 unspecified atom stereocenters. The lowest BCUT2D eigenvalue weighted by Crippen LogP contribution is -2.35. The lowest BCUT2D eigenvalue weighted by Gasteiger charge is -2.19. The molecule has 0 aliphatic carbocycles. The summed E-state index contributed by atoms with van der Waals surface area (Å²) in [5.74, 6) is 0. The Balaban J connectivity index is 2.35. The number of nitrogens with one attached hydrogen (secondary N) is 1. The molecule has 0 amide bonds. The topological polar surface area (TPSA) is 24.9 Å². The second-order valence-corrected chi connectivity index (χ2v) is 4.26. The maximum absolute atomic E-state index is 4.20. The fourth-order valence-corrected chi connectivity index (χ4v) is 1.22. The summed E-state index contributed by atoms with van der Waals surface area (Å²) < 4.78 is 4.20. The van der Waals surface area contributed by atoms with Gasteiger partial charge < -0.3 is 5.32 Å². The zero-order valence-electron chi connectivity index (χ0n) is 7.22. The fourth-order valence-electron chi connectivity index (χ4n) is 0.684. The van der Waals surface area contributed by atoms with Gasteiger partial charge in [0.1, 0.15) is 0 Å². The maximum Gasteiger partial charge on any atom is 0.0680 e. The molecule has 11 heavy (non-hydrogen) atoms. The van der Waals surface area contributed by atoms with Crippen LogP contribution in [0.15, 0.2) is 11.4 Å². The Morgan fingerprint density at radius 2 is 2.27 bits per heavy atom. The Morgan fingerprint density at radius 3 is 2.73 bits per heavy atom. The van der Waals surface area contributed by atoms with Crippen LogP contribution in [0.1, 0.15) is 26.5 Å². The van der Waals surface area contributed by atoms with Gasteiger partial charge in [0.15, 0.2) is 0 Å². The number of aromatic nitrogens is 1. The van der Waals surface area contributed by atoms with Gasteiger partial charge in [0.25, 0.3) is 0 Å². The van der Waals surface area contributed by atoms with Crippen molar-refractivity contribution < 1.29 is 0 Å². The van der Waals surface area contributed by atoms with Crippen molar-refractivity contribution in [2.45, 2.75) is 32.9 Å². The molecular weight excluding hydrogens is 156 g/mol. The third-order valence-corrected chi connectivity index (χ3v) is 1.89. The zero-order valence-corrected chi connectivity index (χ0v) is 8.03. The molecule has 0 aliphatic rings. The molecule has 0 aromatic carbocycles. The molecule has 0 atom stereocenters. The van der Waals surface area contributed by atoms with E-state index in [1.165, 1.54) is 11.5 Å². The van der Waals surface area contributed by atoms with E-state index in [-0.39, 0.29) is 5.54 Å². The molecule has 0 fully saturated rings. The van der Waals surface area contributed by atoms with Gasteiger partial charge in [-0.25, -0.2) is 0 Å². The van der Waals surface area contributed by atoms with Crippen LogP contribution in [0, 0.1) is 0 Å². The van der Waals surface area contributed by atoms with Crippen LogP contribution >= 0.6 is 11.5 Å². The Hall–Kier alpha value is -0.410. The molecule has 2 nitrogen and oxygen atoms in total. The second-order valence-electron chi connectivity index (χ2n) is 3.59. The van der Waals surface area contributed by atoms with Gasteiger partial charge in [0, 0.05) is 17.5 Å². The molecule has 3 heteroatoms. The summed E-state index contributed by atoms with van der Waals surface area (Å²) in [4.78, 5) is 0. The minimum Gasteiger partial charge on any atom is -0.306 e. The predicted molar refractivity (Wildman–Crippen MR) is 48.7 cm³/mol. The highest BCUT2D eigenvalue weighted by atomic mass is 32.1. The normalized spacial score (nSPS) is 11.9. The van der Waals surface area contributed by atoms with E-state index in [1.54, 1.807) is 0 Å². The van der Waals surface area contributed by atoms with Crippen molar-refractivity contribution in [1.82, 2.24) is 9.69 Å².